The number of carboxylic acids is 2. The van der Waals surface area contributed by atoms with Crippen molar-refractivity contribution in [1.82, 2.24) is 0 Å². The molecule has 160 valence electrons. The first kappa shape index (κ1) is 26.9. The third-order valence-electron chi connectivity index (χ3n) is 3.46. The summed E-state index contributed by atoms with van der Waals surface area (Å²) in [5, 5.41) is 34.5. The first-order chi connectivity index (χ1) is 13.8. The van der Waals surface area contributed by atoms with Gasteiger partial charge in [0.15, 0.2) is 0 Å². The second-order valence-electron chi connectivity index (χ2n) is 5.85. The molecule has 0 aliphatic heterocycles. The molecule has 0 bridgehead atoms. The average Bonchev–Trinajstić information content (AvgIpc) is 2.69. The van der Waals surface area contributed by atoms with E-state index in [-0.39, 0.29) is 11.1 Å². The molecular formula is C21H26Cl2O6. The Morgan fingerprint density at radius 3 is 1.24 bits per heavy atom. The zero-order chi connectivity index (χ0) is 22.1. The summed E-state index contributed by atoms with van der Waals surface area (Å²) in [7, 11) is 0. The van der Waals surface area contributed by atoms with Crippen molar-refractivity contribution >= 4 is 35.1 Å². The Balaban J connectivity index is 0.000000407. The summed E-state index contributed by atoms with van der Waals surface area (Å²) in [5.74, 6) is -1.91. The molecule has 0 spiro atoms. The van der Waals surface area contributed by atoms with Crippen molar-refractivity contribution in [1.29, 1.82) is 0 Å². The monoisotopic (exact) mass is 444 g/mol. The highest BCUT2D eigenvalue weighted by atomic mass is 35.5. The molecule has 8 heteroatoms. The summed E-state index contributed by atoms with van der Waals surface area (Å²) in [4.78, 5) is 20.6. The first-order valence-corrected chi connectivity index (χ1v) is 9.76. The zero-order valence-corrected chi connectivity index (χ0v) is 17.4. The molecule has 0 saturated heterocycles. The van der Waals surface area contributed by atoms with E-state index < -0.39 is 11.9 Å². The zero-order valence-electron chi connectivity index (χ0n) is 15.9. The van der Waals surface area contributed by atoms with Gasteiger partial charge in [-0.2, -0.15) is 0 Å². The fourth-order valence-electron chi connectivity index (χ4n) is 2.00. The van der Waals surface area contributed by atoms with E-state index in [0.29, 0.717) is 23.3 Å². The number of aliphatic hydroxyl groups is 2. The van der Waals surface area contributed by atoms with Crippen LogP contribution in [0.1, 0.15) is 52.8 Å². The van der Waals surface area contributed by atoms with E-state index in [1.807, 2.05) is 0 Å². The van der Waals surface area contributed by atoms with Gasteiger partial charge in [0, 0.05) is 23.3 Å². The van der Waals surface area contributed by atoms with Crippen LogP contribution in [-0.2, 0) is 0 Å². The fraction of sp³-hybridized carbons (Fsp3) is 0.333. The van der Waals surface area contributed by atoms with Crippen LogP contribution < -0.4 is 0 Å². The molecular weight excluding hydrogens is 419 g/mol. The van der Waals surface area contributed by atoms with E-state index in [4.69, 9.17) is 43.6 Å². The van der Waals surface area contributed by atoms with Crippen LogP contribution in [0.5, 0.6) is 0 Å². The van der Waals surface area contributed by atoms with E-state index in [2.05, 4.69) is 0 Å². The minimum atomic E-state index is -0.956. The molecule has 0 heterocycles. The molecule has 2 aromatic carbocycles. The van der Waals surface area contributed by atoms with Gasteiger partial charge in [-0.1, -0.05) is 54.6 Å². The summed E-state index contributed by atoms with van der Waals surface area (Å²) >= 11 is 11.1. The van der Waals surface area contributed by atoms with E-state index in [0.717, 1.165) is 32.1 Å². The summed E-state index contributed by atoms with van der Waals surface area (Å²) in [6.07, 6.45) is 5.14. The van der Waals surface area contributed by atoms with Crippen molar-refractivity contribution in [2.45, 2.75) is 32.1 Å². The van der Waals surface area contributed by atoms with Crippen LogP contribution in [0, 0.1) is 0 Å². The molecule has 0 amide bonds. The maximum atomic E-state index is 10.3. The molecule has 2 aromatic rings. The fourth-order valence-corrected chi connectivity index (χ4v) is 2.38. The predicted molar refractivity (Wildman–Crippen MR) is 114 cm³/mol. The van der Waals surface area contributed by atoms with Crippen LogP contribution in [0.3, 0.4) is 0 Å². The average molecular weight is 445 g/mol. The maximum absolute atomic E-state index is 10.3. The van der Waals surface area contributed by atoms with Gasteiger partial charge in [0.05, 0.1) is 11.1 Å². The van der Waals surface area contributed by atoms with E-state index in [1.54, 1.807) is 24.3 Å². The van der Waals surface area contributed by atoms with Crippen molar-refractivity contribution in [3.05, 3.63) is 69.7 Å². The van der Waals surface area contributed by atoms with Crippen LogP contribution in [0.15, 0.2) is 48.5 Å². The number of hydrogen-bond acceptors (Lipinski definition) is 4. The SMILES string of the molecule is O=C(O)c1cccc(Cl)c1.O=C(O)c1cccc(Cl)c1.OCCCCCCCO. The van der Waals surface area contributed by atoms with Crippen molar-refractivity contribution < 1.29 is 30.0 Å². The Kier molecular flexibility index (Phi) is 15.6. The third kappa shape index (κ3) is 14.5. The van der Waals surface area contributed by atoms with Gasteiger partial charge in [0.25, 0.3) is 0 Å². The van der Waals surface area contributed by atoms with E-state index in [9.17, 15) is 9.59 Å². The van der Waals surface area contributed by atoms with Gasteiger partial charge < -0.3 is 20.4 Å². The Hall–Kier alpha value is -2.12. The lowest BCUT2D eigenvalue weighted by atomic mass is 10.2. The van der Waals surface area contributed by atoms with Crippen LogP contribution in [0.4, 0.5) is 0 Å². The summed E-state index contributed by atoms with van der Waals surface area (Å²) < 4.78 is 0. The van der Waals surface area contributed by atoms with Gasteiger partial charge in [-0.3, -0.25) is 0 Å². The lowest BCUT2D eigenvalue weighted by Crippen LogP contribution is -1.94. The second-order valence-corrected chi connectivity index (χ2v) is 6.72. The molecule has 4 N–H and O–H groups in total. The molecule has 2 rings (SSSR count). The predicted octanol–water partition coefficient (Wildman–Crippen LogP) is 5.00. The number of carbonyl (C=O) groups is 2. The molecule has 0 saturated carbocycles. The van der Waals surface area contributed by atoms with E-state index in [1.165, 1.54) is 24.3 Å². The number of benzene rings is 2. The van der Waals surface area contributed by atoms with Gasteiger partial charge in [0.1, 0.15) is 0 Å². The van der Waals surface area contributed by atoms with Crippen LogP contribution in [-0.4, -0.2) is 45.6 Å². The molecule has 0 atom stereocenters. The highest BCUT2D eigenvalue weighted by Gasteiger charge is 2.01. The minimum Gasteiger partial charge on any atom is -0.478 e. The second kappa shape index (κ2) is 16.8. The quantitative estimate of drug-likeness (QED) is 0.425. The topological polar surface area (TPSA) is 115 Å². The van der Waals surface area contributed by atoms with Crippen molar-refractivity contribution in [3.8, 4) is 0 Å². The smallest absolute Gasteiger partial charge is 0.335 e. The number of aliphatic hydroxyl groups excluding tert-OH is 2. The van der Waals surface area contributed by atoms with Gasteiger partial charge in [-0.25, -0.2) is 9.59 Å². The normalized spacial score (nSPS) is 9.52. The van der Waals surface area contributed by atoms with Crippen LogP contribution in [0.2, 0.25) is 10.0 Å². The van der Waals surface area contributed by atoms with Gasteiger partial charge in [-0.15, -0.1) is 0 Å². The van der Waals surface area contributed by atoms with E-state index >= 15 is 0 Å². The number of halogens is 2. The Bertz CT molecular complexity index is 675. The Morgan fingerprint density at radius 2 is 1.00 bits per heavy atom. The Morgan fingerprint density at radius 1 is 0.655 bits per heavy atom. The molecule has 0 fully saturated rings. The van der Waals surface area contributed by atoms with Crippen molar-refractivity contribution in [2.24, 2.45) is 0 Å². The van der Waals surface area contributed by atoms with Crippen molar-refractivity contribution in [3.63, 3.8) is 0 Å². The number of aromatic carboxylic acids is 2. The molecule has 6 nitrogen and oxygen atoms in total. The third-order valence-corrected chi connectivity index (χ3v) is 3.93. The summed E-state index contributed by atoms with van der Waals surface area (Å²) in [6.45, 7) is 0.609. The summed E-state index contributed by atoms with van der Waals surface area (Å²) in [5.41, 5.74) is 0.431. The molecule has 0 aliphatic rings. The van der Waals surface area contributed by atoms with Crippen LogP contribution >= 0.6 is 23.2 Å². The standard InChI is InChI=1S/2C7H5ClO2.C7H16O2/c2*8-6-3-1-2-5(4-6)7(9)10;8-6-4-2-1-3-5-7-9/h2*1-4H,(H,9,10);8-9H,1-7H2. The first-order valence-electron chi connectivity index (χ1n) is 9.01. The summed E-state index contributed by atoms with van der Waals surface area (Å²) in [6, 6.07) is 12.3. The molecule has 0 unspecified atom stereocenters. The van der Waals surface area contributed by atoms with Crippen LogP contribution in [0.25, 0.3) is 0 Å². The largest absolute Gasteiger partial charge is 0.478 e. The lowest BCUT2D eigenvalue weighted by molar-refractivity contribution is 0.0686. The highest BCUT2D eigenvalue weighted by molar-refractivity contribution is 6.31. The van der Waals surface area contributed by atoms with Crippen molar-refractivity contribution in [2.75, 3.05) is 13.2 Å². The number of rotatable bonds is 8. The van der Waals surface area contributed by atoms with Gasteiger partial charge in [-0.05, 0) is 49.2 Å². The van der Waals surface area contributed by atoms with Gasteiger partial charge in [0.2, 0.25) is 0 Å². The minimum absolute atomic E-state index is 0.215. The maximum Gasteiger partial charge on any atom is 0.335 e. The number of hydrogen-bond donors (Lipinski definition) is 4. The molecule has 0 aromatic heterocycles. The Labute approximate surface area is 180 Å². The number of unbranched alkanes of at least 4 members (excludes halogenated alkanes) is 4. The highest BCUT2D eigenvalue weighted by Crippen LogP contribution is 2.10. The molecule has 0 radical (unpaired) electrons. The van der Waals surface area contributed by atoms with Gasteiger partial charge >= 0.3 is 11.9 Å². The lowest BCUT2D eigenvalue weighted by Gasteiger charge is -1.95. The molecule has 29 heavy (non-hydrogen) atoms. The molecule has 0 aliphatic carbocycles. The number of carboxylic acid groups (broad SMARTS) is 2.